The summed E-state index contributed by atoms with van der Waals surface area (Å²) in [5, 5.41) is 12.9. The van der Waals surface area contributed by atoms with Crippen LogP contribution in [0.25, 0.3) is 0 Å². The van der Waals surface area contributed by atoms with Crippen molar-refractivity contribution in [2.45, 2.75) is 39.1 Å². The van der Waals surface area contributed by atoms with E-state index in [1.165, 1.54) is 0 Å². The first-order chi connectivity index (χ1) is 10.7. The fourth-order valence-electron chi connectivity index (χ4n) is 2.44. The smallest absolute Gasteiger partial charge is 0.384 e. The lowest BCUT2D eigenvalue weighted by Crippen LogP contribution is -2.33. The highest BCUT2D eigenvalue weighted by atomic mass is 19.4. The van der Waals surface area contributed by atoms with Crippen molar-refractivity contribution in [2.75, 3.05) is 5.32 Å². The van der Waals surface area contributed by atoms with Crippen LogP contribution in [0.3, 0.4) is 0 Å². The van der Waals surface area contributed by atoms with Crippen molar-refractivity contribution < 1.29 is 18.3 Å². The Hall–Kier alpha value is -2.01. The number of alkyl halides is 3. The van der Waals surface area contributed by atoms with Crippen molar-refractivity contribution in [3.63, 3.8) is 0 Å². The Labute approximate surface area is 134 Å². The number of aliphatic hydroxyl groups is 1. The van der Waals surface area contributed by atoms with E-state index < -0.39 is 18.3 Å². The summed E-state index contributed by atoms with van der Waals surface area (Å²) in [5.41, 5.74) is 3.66. The monoisotopic (exact) mass is 323 g/mol. The molecule has 2 aromatic carbocycles. The minimum atomic E-state index is -4.32. The fourth-order valence-corrected chi connectivity index (χ4v) is 2.44. The van der Waals surface area contributed by atoms with Crippen LogP contribution in [0.4, 0.5) is 18.9 Å². The zero-order chi connectivity index (χ0) is 17.2. The van der Waals surface area contributed by atoms with Gasteiger partial charge in [0.1, 0.15) is 12.1 Å². The zero-order valence-electron chi connectivity index (χ0n) is 13.3. The molecule has 0 aromatic heterocycles. The second-order valence-electron chi connectivity index (χ2n) is 5.80. The number of aliphatic hydroxyl groups excluding tert-OH is 1. The molecule has 0 saturated heterocycles. The first kappa shape index (κ1) is 17.3. The lowest BCUT2D eigenvalue weighted by molar-refractivity contribution is -0.138. The van der Waals surface area contributed by atoms with Gasteiger partial charge in [-0.3, -0.25) is 0 Å². The molecule has 0 saturated carbocycles. The van der Waals surface area contributed by atoms with Crippen LogP contribution in [-0.4, -0.2) is 17.3 Å². The highest BCUT2D eigenvalue weighted by Gasteiger charge is 2.35. The number of nitrogens with one attached hydrogen (secondary N) is 1. The number of aryl methyl sites for hydroxylation is 2. The topological polar surface area (TPSA) is 32.3 Å². The van der Waals surface area contributed by atoms with Crippen LogP contribution in [0.2, 0.25) is 0 Å². The van der Waals surface area contributed by atoms with Gasteiger partial charge in [-0.25, -0.2) is 0 Å². The molecule has 0 heterocycles. The van der Waals surface area contributed by atoms with Crippen LogP contribution >= 0.6 is 0 Å². The average Bonchev–Trinajstić information content (AvgIpc) is 2.46. The molecule has 0 fully saturated rings. The second kappa shape index (κ2) is 6.62. The van der Waals surface area contributed by atoms with Gasteiger partial charge in [0.05, 0.1) is 0 Å². The minimum absolute atomic E-state index is 0.330. The Morgan fingerprint density at radius 2 is 1.74 bits per heavy atom. The molecule has 2 nitrogen and oxygen atoms in total. The van der Waals surface area contributed by atoms with Gasteiger partial charge in [0, 0.05) is 5.69 Å². The summed E-state index contributed by atoms with van der Waals surface area (Å²) < 4.78 is 37.9. The Bertz CT molecular complexity index is 682. The summed E-state index contributed by atoms with van der Waals surface area (Å²) >= 11 is 0. The first-order valence-electron chi connectivity index (χ1n) is 7.37. The van der Waals surface area contributed by atoms with E-state index in [2.05, 4.69) is 5.32 Å². The summed E-state index contributed by atoms with van der Waals surface area (Å²) in [5.74, 6) is 0. The van der Waals surface area contributed by atoms with E-state index in [1.54, 1.807) is 24.3 Å². The predicted octanol–water partition coefficient (Wildman–Crippen LogP) is 4.75. The third kappa shape index (κ3) is 4.26. The predicted molar refractivity (Wildman–Crippen MR) is 85.6 cm³/mol. The summed E-state index contributed by atoms with van der Waals surface area (Å²) in [6.07, 6.45) is -5.19. The maximum absolute atomic E-state index is 12.6. The molecule has 0 spiro atoms. The Kier molecular flexibility index (Phi) is 5.00. The molecule has 23 heavy (non-hydrogen) atoms. The summed E-state index contributed by atoms with van der Waals surface area (Å²) in [7, 11) is 0. The molecule has 2 aromatic rings. The van der Waals surface area contributed by atoms with E-state index in [0.717, 1.165) is 23.6 Å². The number of rotatable bonds is 4. The van der Waals surface area contributed by atoms with Gasteiger partial charge in [-0.05, 0) is 49.6 Å². The lowest BCUT2D eigenvalue weighted by Gasteiger charge is -2.20. The molecule has 0 bridgehead atoms. The van der Waals surface area contributed by atoms with Crippen molar-refractivity contribution in [3.05, 3.63) is 64.7 Å². The van der Waals surface area contributed by atoms with Crippen LogP contribution in [0.1, 0.15) is 35.3 Å². The van der Waals surface area contributed by atoms with E-state index >= 15 is 0 Å². The van der Waals surface area contributed by atoms with Gasteiger partial charge in [0.25, 0.3) is 0 Å². The normalized spacial score (nSPS) is 14.4. The molecule has 2 atom stereocenters. The molecule has 5 heteroatoms. The van der Waals surface area contributed by atoms with Crippen molar-refractivity contribution in [3.8, 4) is 0 Å². The van der Waals surface area contributed by atoms with Crippen molar-refractivity contribution in [1.82, 2.24) is 0 Å². The number of anilines is 1. The third-order valence-electron chi connectivity index (χ3n) is 3.80. The first-order valence-corrected chi connectivity index (χ1v) is 7.37. The molecule has 0 amide bonds. The van der Waals surface area contributed by atoms with Gasteiger partial charge in [-0.2, -0.15) is 13.2 Å². The number of halogens is 3. The number of hydrogen-bond acceptors (Lipinski definition) is 2. The molecule has 0 radical (unpaired) electrons. The quantitative estimate of drug-likeness (QED) is 0.851. The van der Waals surface area contributed by atoms with E-state index in [-0.39, 0.29) is 0 Å². The Morgan fingerprint density at radius 1 is 1.04 bits per heavy atom. The number of benzene rings is 2. The van der Waals surface area contributed by atoms with Crippen LogP contribution in [0.15, 0.2) is 42.5 Å². The summed E-state index contributed by atoms with van der Waals surface area (Å²) in [4.78, 5) is 0. The van der Waals surface area contributed by atoms with Gasteiger partial charge in [-0.15, -0.1) is 0 Å². The van der Waals surface area contributed by atoms with Gasteiger partial charge >= 0.3 is 6.18 Å². The van der Waals surface area contributed by atoms with Crippen molar-refractivity contribution >= 4 is 5.69 Å². The van der Waals surface area contributed by atoms with Crippen molar-refractivity contribution in [1.29, 1.82) is 0 Å². The second-order valence-corrected chi connectivity index (χ2v) is 5.80. The van der Waals surface area contributed by atoms with Crippen LogP contribution < -0.4 is 5.32 Å². The van der Waals surface area contributed by atoms with Crippen LogP contribution in [0, 0.1) is 13.8 Å². The third-order valence-corrected chi connectivity index (χ3v) is 3.80. The van der Waals surface area contributed by atoms with Crippen LogP contribution in [0.5, 0.6) is 0 Å². The van der Waals surface area contributed by atoms with E-state index in [1.807, 2.05) is 32.0 Å². The molecule has 2 N–H and O–H groups in total. The SMILES string of the molecule is Cc1ccc(C(O)c2cccc(NC(C)C(F)(F)F)c2)c(C)c1. The fraction of sp³-hybridized carbons (Fsp3) is 0.333. The maximum Gasteiger partial charge on any atom is 0.408 e. The van der Waals surface area contributed by atoms with Gasteiger partial charge in [0.15, 0.2) is 0 Å². The maximum atomic E-state index is 12.6. The molecular formula is C18H20F3NO. The summed E-state index contributed by atoms with van der Waals surface area (Å²) in [6, 6.07) is 10.5. The highest BCUT2D eigenvalue weighted by Crippen LogP contribution is 2.28. The van der Waals surface area contributed by atoms with Crippen molar-refractivity contribution in [2.24, 2.45) is 0 Å². The van der Waals surface area contributed by atoms with E-state index in [9.17, 15) is 18.3 Å². The van der Waals surface area contributed by atoms with E-state index in [0.29, 0.717) is 11.3 Å². The standard InChI is InChI=1S/C18H20F3NO/c1-11-7-8-16(12(2)9-11)17(23)14-5-4-6-15(10-14)22-13(3)18(19,20)21/h4-10,13,17,22-23H,1-3H3. The van der Waals surface area contributed by atoms with Gasteiger partial charge in [-0.1, -0.05) is 35.9 Å². The lowest BCUT2D eigenvalue weighted by atomic mass is 9.96. The number of hydrogen-bond donors (Lipinski definition) is 2. The highest BCUT2D eigenvalue weighted by molar-refractivity contribution is 5.49. The Morgan fingerprint density at radius 3 is 2.35 bits per heavy atom. The Balaban J connectivity index is 2.25. The van der Waals surface area contributed by atoms with E-state index in [4.69, 9.17) is 0 Å². The minimum Gasteiger partial charge on any atom is -0.384 e. The molecule has 0 aliphatic heterocycles. The van der Waals surface area contributed by atoms with Gasteiger partial charge < -0.3 is 10.4 Å². The largest absolute Gasteiger partial charge is 0.408 e. The molecular weight excluding hydrogens is 303 g/mol. The molecule has 2 rings (SSSR count). The average molecular weight is 323 g/mol. The molecule has 124 valence electrons. The van der Waals surface area contributed by atoms with Crippen LogP contribution in [-0.2, 0) is 0 Å². The van der Waals surface area contributed by atoms with Gasteiger partial charge in [0.2, 0.25) is 0 Å². The zero-order valence-corrected chi connectivity index (χ0v) is 13.3. The molecule has 0 aliphatic carbocycles. The molecule has 0 aliphatic rings. The summed E-state index contributed by atoms with van der Waals surface area (Å²) in [6.45, 7) is 4.93. The molecule has 2 unspecified atom stereocenters.